The molecule has 1 fully saturated rings. The summed E-state index contributed by atoms with van der Waals surface area (Å²) < 4.78 is 46.9. The lowest BCUT2D eigenvalue weighted by Gasteiger charge is -2.38. The van der Waals surface area contributed by atoms with E-state index in [1.807, 2.05) is 0 Å². The van der Waals surface area contributed by atoms with E-state index in [4.69, 9.17) is 16.3 Å². The van der Waals surface area contributed by atoms with Gasteiger partial charge in [-0.2, -0.15) is 13.2 Å². The van der Waals surface area contributed by atoms with Gasteiger partial charge in [0.05, 0.1) is 0 Å². The second kappa shape index (κ2) is 7.37. The van der Waals surface area contributed by atoms with E-state index in [1.165, 1.54) is 12.1 Å². The van der Waals surface area contributed by atoms with Crippen LogP contribution in [0.15, 0.2) is 18.3 Å². The third-order valence-electron chi connectivity index (χ3n) is 3.69. The van der Waals surface area contributed by atoms with Crippen molar-refractivity contribution in [3.05, 3.63) is 29.0 Å². The number of carbonyl (C=O) groups is 1. The number of pyridine rings is 1. The van der Waals surface area contributed by atoms with Crippen LogP contribution in [0.4, 0.5) is 18.0 Å². The molecule has 0 aromatic carbocycles. The first-order valence-corrected chi connectivity index (χ1v) is 8.27. The highest BCUT2D eigenvalue weighted by Crippen LogP contribution is 2.40. The average Bonchev–Trinajstić information content (AvgIpc) is 2.96. The molecule has 0 radical (unpaired) electrons. The average molecular weight is 380 g/mol. The molecule has 2 heterocycles. The number of hydrogen-bond acceptors (Lipinski definition) is 4. The maximum atomic E-state index is 13.9. The van der Waals surface area contributed by atoms with E-state index in [0.717, 1.165) is 11.1 Å². The van der Waals surface area contributed by atoms with E-state index in [0.29, 0.717) is 13.0 Å². The van der Waals surface area contributed by atoms with Crippen molar-refractivity contribution in [2.45, 2.75) is 51.1 Å². The van der Waals surface area contributed by atoms with Gasteiger partial charge in [-0.3, -0.25) is 4.90 Å². The quantitative estimate of drug-likeness (QED) is 0.808. The maximum Gasteiger partial charge on any atom is 0.413 e. The van der Waals surface area contributed by atoms with Crippen molar-refractivity contribution in [2.24, 2.45) is 0 Å². The number of hydrogen-bond donors (Lipinski definition) is 1. The molecule has 1 saturated heterocycles. The number of carbonyl (C=O) groups excluding carboxylic acids is 1. The zero-order valence-electron chi connectivity index (χ0n) is 14.2. The molecular formula is C16H21ClF3N3O2. The van der Waals surface area contributed by atoms with Gasteiger partial charge in [0.15, 0.2) is 6.04 Å². The summed E-state index contributed by atoms with van der Waals surface area (Å²) in [6, 6.07) is -0.280. The van der Waals surface area contributed by atoms with Crippen molar-refractivity contribution in [1.82, 2.24) is 15.2 Å². The van der Waals surface area contributed by atoms with Gasteiger partial charge in [0.2, 0.25) is 0 Å². The van der Waals surface area contributed by atoms with Crippen LogP contribution in [0.5, 0.6) is 0 Å². The van der Waals surface area contributed by atoms with Crippen LogP contribution in [0.3, 0.4) is 0 Å². The van der Waals surface area contributed by atoms with Gasteiger partial charge < -0.3 is 10.1 Å². The number of nitrogens with one attached hydrogen (secondary N) is 1. The summed E-state index contributed by atoms with van der Waals surface area (Å²) in [6.45, 7) is 5.65. The Hall–Kier alpha value is -1.54. The lowest BCUT2D eigenvalue weighted by Crippen LogP contribution is -2.50. The van der Waals surface area contributed by atoms with Gasteiger partial charge in [-0.1, -0.05) is 17.7 Å². The Morgan fingerprint density at radius 3 is 2.52 bits per heavy atom. The van der Waals surface area contributed by atoms with Crippen molar-refractivity contribution in [3.63, 3.8) is 0 Å². The molecule has 0 spiro atoms. The maximum absolute atomic E-state index is 13.9. The van der Waals surface area contributed by atoms with E-state index >= 15 is 0 Å². The minimum absolute atomic E-state index is 0.0797. The van der Waals surface area contributed by atoms with Gasteiger partial charge in [-0.15, -0.1) is 0 Å². The van der Waals surface area contributed by atoms with Crippen LogP contribution in [0.25, 0.3) is 0 Å². The summed E-state index contributed by atoms with van der Waals surface area (Å²) in [5.41, 5.74) is -1.06. The third-order valence-corrected chi connectivity index (χ3v) is 3.91. The topological polar surface area (TPSA) is 54.5 Å². The predicted molar refractivity (Wildman–Crippen MR) is 87.4 cm³/mol. The molecular weight excluding hydrogens is 359 g/mol. The Balaban J connectivity index is 2.45. The number of amides is 1. The molecule has 1 aromatic rings. The van der Waals surface area contributed by atoms with Crippen LogP contribution in [0.1, 0.15) is 38.8 Å². The Labute approximate surface area is 149 Å². The standard InChI is InChI=1S/C16H21ClF3N3O2/c1-15(2,3)25-14(24)23(11-6-7-21-9-11)13(16(18,19)20)10-4-5-12(17)22-8-10/h4-5,8,11,13,21H,6-7,9H2,1-3H3/t11-,13?/m0/s1. The highest BCUT2D eigenvalue weighted by molar-refractivity contribution is 6.29. The number of aromatic nitrogens is 1. The molecule has 140 valence electrons. The fourth-order valence-electron chi connectivity index (χ4n) is 2.71. The molecule has 1 aliphatic rings. The zero-order valence-corrected chi connectivity index (χ0v) is 15.0. The fraction of sp³-hybridized carbons (Fsp3) is 0.625. The summed E-state index contributed by atoms with van der Waals surface area (Å²) in [4.78, 5) is 17.1. The SMILES string of the molecule is CC(C)(C)OC(=O)N(C(c1ccc(Cl)nc1)C(F)(F)F)[C@H]1CCNC1. The smallest absolute Gasteiger partial charge is 0.413 e. The van der Waals surface area contributed by atoms with Gasteiger partial charge in [-0.05, 0) is 39.8 Å². The molecule has 1 aliphatic heterocycles. The van der Waals surface area contributed by atoms with E-state index in [2.05, 4.69) is 10.3 Å². The second-order valence-electron chi connectivity index (χ2n) is 6.89. The van der Waals surface area contributed by atoms with Crippen LogP contribution in [0.2, 0.25) is 5.15 Å². The van der Waals surface area contributed by atoms with Crippen molar-refractivity contribution >= 4 is 17.7 Å². The summed E-state index contributed by atoms with van der Waals surface area (Å²) >= 11 is 5.68. The molecule has 1 N–H and O–H groups in total. The molecule has 25 heavy (non-hydrogen) atoms. The summed E-state index contributed by atoms with van der Waals surface area (Å²) in [5.74, 6) is 0. The lowest BCUT2D eigenvalue weighted by molar-refractivity contribution is -0.188. The van der Waals surface area contributed by atoms with Crippen molar-refractivity contribution in [1.29, 1.82) is 0 Å². The van der Waals surface area contributed by atoms with Crippen LogP contribution >= 0.6 is 11.6 Å². The highest BCUT2D eigenvalue weighted by Gasteiger charge is 2.50. The van der Waals surface area contributed by atoms with Gasteiger partial charge >= 0.3 is 12.3 Å². The fourth-order valence-corrected chi connectivity index (χ4v) is 2.82. The number of halogens is 4. The molecule has 1 amide bonds. The minimum atomic E-state index is -4.69. The molecule has 2 atom stereocenters. The summed E-state index contributed by atoms with van der Waals surface area (Å²) in [6.07, 6.45) is -4.24. The van der Waals surface area contributed by atoms with Crippen LogP contribution in [-0.2, 0) is 4.74 Å². The number of alkyl halides is 3. The van der Waals surface area contributed by atoms with E-state index in [-0.39, 0.29) is 17.3 Å². The molecule has 9 heteroatoms. The van der Waals surface area contributed by atoms with Gasteiger partial charge in [0.25, 0.3) is 0 Å². The Kier molecular flexibility index (Phi) is 5.83. The molecule has 0 aliphatic carbocycles. The number of nitrogens with zero attached hydrogens (tertiary/aromatic N) is 2. The van der Waals surface area contributed by atoms with Gasteiger partial charge in [-0.25, -0.2) is 9.78 Å². The third kappa shape index (κ3) is 5.22. The summed E-state index contributed by atoms with van der Waals surface area (Å²) in [7, 11) is 0. The van der Waals surface area contributed by atoms with E-state index in [9.17, 15) is 18.0 Å². The van der Waals surface area contributed by atoms with Gasteiger partial charge in [0.1, 0.15) is 10.8 Å². The normalized spacial score (nSPS) is 19.6. The van der Waals surface area contributed by atoms with Crippen molar-refractivity contribution < 1.29 is 22.7 Å². The zero-order chi connectivity index (χ0) is 18.8. The molecule has 0 saturated carbocycles. The van der Waals surface area contributed by atoms with E-state index in [1.54, 1.807) is 20.8 Å². The van der Waals surface area contributed by atoms with Crippen molar-refractivity contribution in [3.8, 4) is 0 Å². The highest BCUT2D eigenvalue weighted by atomic mass is 35.5. The first-order chi connectivity index (χ1) is 11.5. The second-order valence-corrected chi connectivity index (χ2v) is 7.28. The number of rotatable bonds is 3. The molecule has 1 aromatic heterocycles. The van der Waals surface area contributed by atoms with E-state index < -0.39 is 30.0 Å². The Morgan fingerprint density at radius 2 is 2.08 bits per heavy atom. The largest absolute Gasteiger partial charge is 0.444 e. The summed E-state index contributed by atoms with van der Waals surface area (Å²) in [5, 5.41) is 3.06. The van der Waals surface area contributed by atoms with Crippen molar-refractivity contribution in [2.75, 3.05) is 13.1 Å². The lowest BCUT2D eigenvalue weighted by atomic mass is 10.0. The molecule has 2 rings (SSSR count). The van der Waals surface area contributed by atoms with Crippen LogP contribution in [0, 0.1) is 0 Å². The molecule has 0 bridgehead atoms. The van der Waals surface area contributed by atoms with Gasteiger partial charge in [0, 0.05) is 24.3 Å². The van der Waals surface area contributed by atoms with Crippen LogP contribution in [-0.4, -0.2) is 46.9 Å². The first kappa shape index (κ1) is 19.8. The molecule has 5 nitrogen and oxygen atoms in total. The minimum Gasteiger partial charge on any atom is -0.444 e. The Morgan fingerprint density at radius 1 is 1.40 bits per heavy atom. The first-order valence-electron chi connectivity index (χ1n) is 7.89. The van der Waals surface area contributed by atoms with Crippen LogP contribution < -0.4 is 5.32 Å². The Bertz CT molecular complexity index is 596. The molecule has 1 unspecified atom stereocenters. The predicted octanol–water partition coefficient (Wildman–Crippen LogP) is 3.94. The monoisotopic (exact) mass is 379 g/mol. The number of ether oxygens (including phenoxy) is 1.